The molecular weight excluding hydrogens is 415 g/mol. The zero-order valence-corrected chi connectivity index (χ0v) is 15.4. The number of nitrogens with one attached hydrogen (secondary N) is 1. The molecule has 0 unspecified atom stereocenters. The van der Waals surface area contributed by atoms with Crippen molar-refractivity contribution in [3.63, 3.8) is 0 Å². The monoisotopic (exact) mass is 432 g/mol. The van der Waals surface area contributed by atoms with Crippen LogP contribution in [0.25, 0.3) is 11.5 Å². The highest BCUT2D eigenvalue weighted by Crippen LogP contribution is 2.19. The van der Waals surface area contributed by atoms with Crippen molar-refractivity contribution in [2.75, 3.05) is 6.54 Å². The Labute approximate surface area is 154 Å². The maximum atomic E-state index is 12.1. The van der Waals surface area contributed by atoms with Gasteiger partial charge in [-0.25, -0.2) is 4.98 Å². The summed E-state index contributed by atoms with van der Waals surface area (Å²) in [6, 6.07) is 15.5. The molecule has 1 heterocycles. The summed E-state index contributed by atoms with van der Waals surface area (Å²) in [5, 5.41) is 2.91. The molecule has 0 bridgehead atoms. The number of oxazole rings is 1. The molecule has 3 aromatic rings. The molecular formula is C19H17IN2O2. The molecule has 0 atom stereocenters. The van der Waals surface area contributed by atoms with E-state index in [0.29, 0.717) is 24.4 Å². The first kappa shape index (κ1) is 16.7. The number of nitrogens with zero attached hydrogens (tertiary/aromatic N) is 1. The average Bonchev–Trinajstić information content (AvgIpc) is 3.04. The highest BCUT2D eigenvalue weighted by molar-refractivity contribution is 14.1. The summed E-state index contributed by atoms with van der Waals surface area (Å²) in [6.45, 7) is 2.56. The second kappa shape index (κ2) is 7.61. The molecule has 24 heavy (non-hydrogen) atoms. The molecule has 0 aliphatic carbocycles. The van der Waals surface area contributed by atoms with E-state index in [0.717, 1.165) is 14.8 Å². The highest BCUT2D eigenvalue weighted by atomic mass is 127. The Balaban J connectivity index is 1.56. The lowest BCUT2D eigenvalue weighted by Gasteiger charge is -2.04. The third-order valence-corrected chi connectivity index (χ3v) is 4.27. The van der Waals surface area contributed by atoms with E-state index < -0.39 is 0 Å². The maximum Gasteiger partial charge on any atom is 0.251 e. The molecule has 5 heteroatoms. The minimum absolute atomic E-state index is 0.0734. The Bertz CT molecular complexity index is 841. The third kappa shape index (κ3) is 4.23. The zero-order valence-electron chi connectivity index (χ0n) is 13.3. The number of carbonyl (C=O) groups is 1. The van der Waals surface area contributed by atoms with E-state index >= 15 is 0 Å². The second-order valence-electron chi connectivity index (χ2n) is 5.53. The normalized spacial score (nSPS) is 10.6. The molecule has 1 N–H and O–H groups in total. The van der Waals surface area contributed by atoms with Gasteiger partial charge in [0.1, 0.15) is 6.26 Å². The van der Waals surface area contributed by atoms with Gasteiger partial charge in [0.05, 0.1) is 5.69 Å². The predicted octanol–water partition coefficient (Wildman–Crippen LogP) is 4.23. The minimum atomic E-state index is -0.0734. The molecule has 122 valence electrons. The fraction of sp³-hybridized carbons (Fsp3) is 0.158. The molecule has 0 spiro atoms. The van der Waals surface area contributed by atoms with Gasteiger partial charge in [0.25, 0.3) is 5.91 Å². The Kier molecular flexibility index (Phi) is 5.30. The van der Waals surface area contributed by atoms with Crippen molar-refractivity contribution in [2.45, 2.75) is 13.3 Å². The van der Waals surface area contributed by atoms with Gasteiger partial charge in [-0.1, -0.05) is 23.8 Å². The van der Waals surface area contributed by atoms with Crippen LogP contribution in [-0.2, 0) is 6.42 Å². The average molecular weight is 432 g/mol. The Morgan fingerprint density at radius 3 is 2.75 bits per heavy atom. The Morgan fingerprint density at radius 1 is 1.21 bits per heavy atom. The van der Waals surface area contributed by atoms with Crippen LogP contribution >= 0.6 is 22.6 Å². The van der Waals surface area contributed by atoms with Gasteiger partial charge >= 0.3 is 0 Å². The lowest BCUT2D eigenvalue weighted by Crippen LogP contribution is -2.25. The summed E-state index contributed by atoms with van der Waals surface area (Å²) >= 11 is 2.19. The second-order valence-corrected chi connectivity index (χ2v) is 6.77. The van der Waals surface area contributed by atoms with Crippen LogP contribution in [-0.4, -0.2) is 17.4 Å². The van der Waals surface area contributed by atoms with Gasteiger partial charge < -0.3 is 9.73 Å². The molecule has 2 aromatic carbocycles. The zero-order chi connectivity index (χ0) is 16.9. The maximum absolute atomic E-state index is 12.1. The van der Waals surface area contributed by atoms with Crippen molar-refractivity contribution in [3.8, 4) is 11.5 Å². The van der Waals surface area contributed by atoms with Crippen LogP contribution in [0, 0.1) is 10.5 Å². The third-order valence-electron chi connectivity index (χ3n) is 3.60. The van der Waals surface area contributed by atoms with Crippen LogP contribution < -0.4 is 5.32 Å². The molecule has 0 aliphatic heterocycles. The van der Waals surface area contributed by atoms with Crippen LogP contribution in [0.5, 0.6) is 0 Å². The lowest BCUT2D eigenvalue weighted by atomic mass is 10.1. The predicted molar refractivity (Wildman–Crippen MR) is 102 cm³/mol. The van der Waals surface area contributed by atoms with Crippen molar-refractivity contribution in [1.29, 1.82) is 0 Å². The number of halogens is 1. The molecule has 1 amide bonds. The smallest absolute Gasteiger partial charge is 0.251 e. The van der Waals surface area contributed by atoms with Gasteiger partial charge in [0, 0.05) is 27.7 Å². The molecule has 3 rings (SSSR count). The minimum Gasteiger partial charge on any atom is -0.444 e. The van der Waals surface area contributed by atoms with E-state index in [9.17, 15) is 4.79 Å². The van der Waals surface area contributed by atoms with Crippen LogP contribution in [0.15, 0.2) is 59.2 Å². The molecule has 4 nitrogen and oxygen atoms in total. The van der Waals surface area contributed by atoms with E-state index in [2.05, 4.69) is 32.9 Å². The van der Waals surface area contributed by atoms with Crippen LogP contribution in [0.4, 0.5) is 0 Å². The molecule has 0 aliphatic rings. The first-order valence-corrected chi connectivity index (χ1v) is 8.75. The molecule has 1 aromatic heterocycles. The van der Waals surface area contributed by atoms with Crippen LogP contribution in [0.1, 0.15) is 21.6 Å². The highest BCUT2D eigenvalue weighted by Gasteiger charge is 2.08. The topological polar surface area (TPSA) is 55.1 Å². The van der Waals surface area contributed by atoms with Gasteiger partial charge in [-0.3, -0.25) is 4.79 Å². The van der Waals surface area contributed by atoms with Crippen molar-refractivity contribution >= 4 is 28.5 Å². The first-order valence-electron chi connectivity index (χ1n) is 7.67. The van der Waals surface area contributed by atoms with Crippen LogP contribution in [0.2, 0.25) is 0 Å². The number of carbonyl (C=O) groups excluding carboxylic acids is 1. The van der Waals surface area contributed by atoms with Gasteiger partial charge in [-0.05, 0) is 59.8 Å². The van der Waals surface area contributed by atoms with Gasteiger partial charge in [-0.15, -0.1) is 0 Å². The SMILES string of the molecule is Cc1ccc(-c2nc(CCNC(=O)c3cccc(I)c3)co2)cc1. The Hall–Kier alpha value is -2.15. The number of rotatable bonds is 5. The van der Waals surface area contributed by atoms with E-state index in [1.54, 1.807) is 6.26 Å². The molecule has 0 saturated carbocycles. The van der Waals surface area contributed by atoms with Crippen molar-refractivity contribution in [1.82, 2.24) is 10.3 Å². The van der Waals surface area contributed by atoms with Gasteiger partial charge in [0.2, 0.25) is 5.89 Å². The van der Waals surface area contributed by atoms with Crippen molar-refractivity contribution < 1.29 is 9.21 Å². The quantitative estimate of drug-likeness (QED) is 0.615. The molecule has 0 radical (unpaired) electrons. The largest absolute Gasteiger partial charge is 0.444 e. The number of hydrogen-bond acceptors (Lipinski definition) is 3. The number of amides is 1. The van der Waals surface area contributed by atoms with E-state index in [1.165, 1.54) is 5.56 Å². The van der Waals surface area contributed by atoms with E-state index in [1.807, 2.05) is 55.5 Å². The van der Waals surface area contributed by atoms with Gasteiger partial charge in [-0.2, -0.15) is 0 Å². The summed E-state index contributed by atoms with van der Waals surface area (Å²) in [7, 11) is 0. The summed E-state index contributed by atoms with van der Waals surface area (Å²) in [5.74, 6) is 0.532. The number of benzene rings is 2. The fourth-order valence-corrected chi connectivity index (χ4v) is 2.83. The number of aromatic nitrogens is 1. The fourth-order valence-electron chi connectivity index (χ4n) is 2.29. The Morgan fingerprint density at radius 2 is 2.00 bits per heavy atom. The van der Waals surface area contributed by atoms with Crippen molar-refractivity contribution in [3.05, 3.63) is 75.2 Å². The lowest BCUT2D eigenvalue weighted by molar-refractivity contribution is 0.0954. The summed E-state index contributed by atoms with van der Waals surface area (Å²) in [4.78, 5) is 16.6. The first-order chi connectivity index (χ1) is 11.6. The summed E-state index contributed by atoms with van der Waals surface area (Å²) < 4.78 is 6.56. The summed E-state index contributed by atoms with van der Waals surface area (Å²) in [6.07, 6.45) is 2.28. The molecule has 0 fully saturated rings. The van der Waals surface area contributed by atoms with E-state index in [-0.39, 0.29) is 5.91 Å². The standard InChI is InChI=1S/C19H17IN2O2/c1-13-5-7-14(8-6-13)19-22-17(12-24-19)9-10-21-18(23)15-3-2-4-16(20)11-15/h2-8,11-12H,9-10H2,1H3,(H,21,23). The van der Waals surface area contributed by atoms with E-state index in [4.69, 9.17) is 4.42 Å². The van der Waals surface area contributed by atoms with Crippen molar-refractivity contribution in [2.24, 2.45) is 0 Å². The number of hydrogen-bond donors (Lipinski definition) is 1. The number of aryl methyl sites for hydroxylation is 1. The van der Waals surface area contributed by atoms with Crippen LogP contribution in [0.3, 0.4) is 0 Å². The summed E-state index contributed by atoms with van der Waals surface area (Å²) in [5.41, 5.74) is 3.65. The molecule has 0 saturated heterocycles. The van der Waals surface area contributed by atoms with Gasteiger partial charge in [0.15, 0.2) is 0 Å².